The molecule has 0 saturated carbocycles. The first-order valence-electron chi connectivity index (χ1n) is 8.41. The number of para-hydroxylation sites is 1. The minimum absolute atomic E-state index is 0.0479. The minimum atomic E-state index is -0.286. The Kier molecular flexibility index (Phi) is 3.96. The van der Waals surface area contributed by atoms with Crippen LogP contribution in [0.1, 0.15) is 6.92 Å². The highest BCUT2D eigenvalue weighted by Gasteiger charge is 2.21. The number of carbonyl (C=O) groups excluding carboxylic acids is 1. The number of aryl methyl sites for hydroxylation is 1. The summed E-state index contributed by atoms with van der Waals surface area (Å²) < 4.78 is 7.66. The van der Waals surface area contributed by atoms with E-state index in [1.54, 1.807) is 0 Å². The van der Waals surface area contributed by atoms with Gasteiger partial charge in [-0.25, -0.2) is 0 Å². The van der Waals surface area contributed by atoms with Crippen LogP contribution in [0.4, 0.5) is 5.69 Å². The standard InChI is InChI=1S/C19H21N3O2/c1-2-22-17-6-4-3-5-14(17)15-11-13(7-8-18(15)22)21-19(23)16-12-24-10-9-20-16/h3-8,11,16,20H,2,9-10,12H2,1H3,(H,21,23). The van der Waals surface area contributed by atoms with Crippen molar-refractivity contribution in [2.75, 3.05) is 25.1 Å². The molecule has 1 aromatic heterocycles. The molecule has 3 aromatic rings. The van der Waals surface area contributed by atoms with E-state index >= 15 is 0 Å². The molecule has 124 valence electrons. The fourth-order valence-electron chi connectivity index (χ4n) is 3.44. The van der Waals surface area contributed by atoms with Gasteiger partial charge < -0.3 is 19.9 Å². The number of anilines is 1. The third-order valence-electron chi connectivity index (χ3n) is 4.59. The van der Waals surface area contributed by atoms with Crippen molar-refractivity contribution in [3.63, 3.8) is 0 Å². The second-order valence-electron chi connectivity index (χ2n) is 6.06. The van der Waals surface area contributed by atoms with Crippen molar-refractivity contribution in [2.24, 2.45) is 0 Å². The third-order valence-corrected chi connectivity index (χ3v) is 4.59. The Balaban J connectivity index is 1.70. The summed E-state index contributed by atoms with van der Waals surface area (Å²) in [5, 5.41) is 8.56. The number of carbonyl (C=O) groups is 1. The van der Waals surface area contributed by atoms with Gasteiger partial charge in [-0.1, -0.05) is 18.2 Å². The van der Waals surface area contributed by atoms with Gasteiger partial charge in [0.05, 0.1) is 13.2 Å². The summed E-state index contributed by atoms with van der Waals surface area (Å²) in [6.45, 7) is 4.85. The molecule has 1 aliphatic heterocycles. The first-order chi connectivity index (χ1) is 11.8. The monoisotopic (exact) mass is 323 g/mol. The number of nitrogens with one attached hydrogen (secondary N) is 2. The fraction of sp³-hybridized carbons (Fsp3) is 0.316. The molecule has 24 heavy (non-hydrogen) atoms. The SMILES string of the molecule is CCn1c2ccccc2c2cc(NC(=O)C3COCCN3)ccc21. The van der Waals surface area contributed by atoms with E-state index in [0.29, 0.717) is 19.8 Å². The van der Waals surface area contributed by atoms with E-state index in [1.807, 2.05) is 6.07 Å². The molecule has 1 saturated heterocycles. The highest BCUT2D eigenvalue weighted by atomic mass is 16.5. The fourth-order valence-corrected chi connectivity index (χ4v) is 3.44. The van der Waals surface area contributed by atoms with Gasteiger partial charge in [0, 0.05) is 40.6 Å². The number of fused-ring (bicyclic) bond motifs is 3. The van der Waals surface area contributed by atoms with E-state index in [1.165, 1.54) is 16.4 Å². The number of nitrogens with zero attached hydrogens (tertiary/aromatic N) is 1. The Bertz CT molecular complexity index is 894. The van der Waals surface area contributed by atoms with Gasteiger partial charge in [-0.15, -0.1) is 0 Å². The summed E-state index contributed by atoms with van der Waals surface area (Å²) >= 11 is 0. The van der Waals surface area contributed by atoms with Crippen LogP contribution in [0.15, 0.2) is 42.5 Å². The molecule has 4 rings (SSSR count). The van der Waals surface area contributed by atoms with Crippen molar-refractivity contribution in [3.8, 4) is 0 Å². The molecule has 1 atom stereocenters. The average molecular weight is 323 g/mol. The molecular weight excluding hydrogens is 302 g/mol. The molecule has 1 amide bonds. The zero-order chi connectivity index (χ0) is 16.5. The van der Waals surface area contributed by atoms with Crippen LogP contribution in [-0.2, 0) is 16.1 Å². The lowest BCUT2D eigenvalue weighted by Gasteiger charge is -2.22. The molecule has 1 aliphatic rings. The quantitative estimate of drug-likeness (QED) is 0.779. The van der Waals surface area contributed by atoms with Gasteiger partial charge in [0.1, 0.15) is 6.04 Å². The Morgan fingerprint density at radius 1 is 1.25 bits per heavy atom. The number of aromatic nitrogens is 1. The predicted molar refractivity (Wildman–Crippen MR) is 96.4 cm³/mol. The molecule has 1 fully saturated rings. The maximum atomic E-state index is 12.4. The molecule has 2 N–H and O–H groups in total. The van der Waals surface area contributed by atoms with Crippen molar-refractivity contribution in [1.82, 2.24) is 9.88 Å². The smallest absolute Gasteiger partial charge is 0.243 e. The van der Waals surface area contributed by atoms with Crippen molar-refractivity contribution in [1.29, 1.82) is 0 Å². The molecule has 2 aromatic carbocycles. The van der Waals surface area contributed by atoms with Crippen molar-refractivity contribution >= 4 is 33.4 Å². The third kappa shape index (κ3) is 2.56. The first kappa shape index (κ1) is 15.2. The van der Waals surface area contributed by atoms with Crippen LogP contribution in [-0.4, -0.2) is 36.3 Å². The summed E-state index contributed by atoms with van der Waals surface area (Å²) in [5.74, 6) is -0.0479. The van der Waals surface area contributed by atoms with Crippen LogP contribution >= 0.6 is 0 Å². The van der Waals surface area contributed by atoms with Crippen LogP contribution in [0.25, 0.3) is 21.8 Å². The Morgan fingerprint density at radius 2 is 2.08 bits per heavy atom. The van der Waals surface area contributed by atoms with Crippen LogP contribution in [0, 0.1) is 0 Å². The van der Waals surface area contributed by atoms with Gasteiger partial charge in [-0.05, 0) is 31.2 Å². The normalized spacial score (nSPS) is 18.1. The molecule has 0 spiro atoms. The highest BCUT2D eigenvalue weighted by Crippen LogP contribution is 2.30. The number of rotatable bonds is 3. The highest BCUT2D eigenvalue weighted by molar-refractivity contribution is 6.10. The van der Waals surface area contributed by atoms with Gasteiger partial charge in [0.25, 0.3) is 0 Å². The maximum absolute atomic E-state index is 12.4. The number of amides is 1. The summed E-state index contributed by atoms with van der Waals surface area (Å²) in [4.78, 5) is 12.4. The van der Waals surface area contributed by atoms with E-state index in [2.05, 4.69) is 58.5 Å². The van der Waals surface area contributed by atoms with Crippen molar-refractivity contribution in [2.45, 2.75) is 19.5 Å². The molecular formula is C19H21N3O2. The Hall–Kier alpha value is -2.37. The second kappa shape index (κ2) is 6.26. The van der Waals surface area contributed by atoms with E-state index < -0.39 is 0 Å². The number of ether oxygens (including phenoxy) is 1. The summed E-state index contributed by atoms with van der Waals surface area (Å²) in [5.41, 5.74) is 3.23. The van der Waals surface area contributed by atoms with Crippen molar-refractivity contribution in [3.05, 3.63) is 42.5 Å². The minimum Gasteiger partial charge on any atom is -0.378 e. The van der Waals surface area contributed by atoms with Crippen LogP contribution in [0.3, 0.4) is 0 Å². The largest absolute Gasteiger partial charge is 0.378 e. The first-order valence-corrected chi connectivity index (χ1v) is 8.41. The molecule has 5 nitrogen and oxygen atoms in total. The van der Waals surface area contributed by atoms with Gasteiger partial charge >= 0.3 is 0 Å². The summed E-state index contributed by atoms with van der Waals surface area (Å²) in [6.07, 6.45) is 0. The lowest BCUT2D eigenvalue weighted by atomic mass is 10.1. The molecule has 0 aliphatic carbocycles. The zero-order valence-corrected chi connectivity index (χ0v) is 13.7. The topological polar surface area (TPSA) is 55.3 Å². The van der Waals surface area contributed by atoms with Crippen LogP contribution < -0.4 is 10.6 Å². The Morgan fingerprint density at radius 3 is 2.88 bits per heavy atom. The molecule has 2 heterocycles. The summed E-state index contributed by atoms with van der Waals surface area (Å²) in [7, 11) is 0. The lowest BCUT2D eigenvalue weighted by molar-refractivity contribution is -0.120. The molecule has 0 bridgehead atoms. The van der Waals surface area contributed by atoms with Crippen LogP contribution in [0.5, 0.6) is 0 Å². The average Bonchev–Trinajstić information content (AvgIpc) is 2.95. The number of hydrogen-bond acceptors (Lipinski definition) is 3. The van der Waals surface area contributed by atoms with E-state index in [9.17, 15) is 4.79 Å². The zero-order valence-electron chi connectivity index (χ0n) is 13.7. The Labute approximate surface area is 140 Å². The predicted octanol–water partition coefficient (Wildman–Crippen LogP) is 2.74. The molecule has 0 radical (unpaired) electrons. The van der Waals surface area contributed by atoms with Gasteiger partial charge in [0.2, 0.25) is 5.91 Å². The molecule has 5 heteroatoms. The number of benzene rings is 2. The number of hydrogen-bond donors (Lipinski definition) is 2. The van der Waals surface area contributed by atoms with Gasteiger partial charge in [0.15, 0.2) is 0 Å². The van der Waals surface area contributed by atoms with Crippen molar-refractivity contribution < 1.29 is 9.53 Å². The van der Waals surface area contributed by atoms with Crippen LogP contribution in [0.2, 0.25) is 0 Å². The number of morpholine rings is 1. The van der Waals surface area contributed by atoms with E-state index in [-0.39, 0.29) is 11.9 Å². The summed E-state index contributed by atoms with van der Waals surface area (Å²) in [6, 6.07) is 14.2. The van der Waals surface area contributed by atoms with Gasteiger partial charge in [-0.3, -0.25) is 4.79 Å². The second-order valence-corrected chi connectivity index (χ2v) is 6.06. The lowest BCUT2D eigenvalue weighted by Crippen LogP contribution is -2.48. The van der Waals surface area contributed by atoms with E-state index in [4.69, 9.17) is 4.74 Å². The van der Waals surface area contributed by atoms with E-state index in [0.717, 1.165) is 17.6 Å². The van der Waals surface area contributed by atoms with Gasteiger partial charge in [-0.2, -0.15) is 0 Å². The maximum Gasteiger partial charge on any atom is 0.243 e. The molecule has 1 unspecified atom stereocenters.